The van der Waals surface area contributed by atoms with E-state index in [1.807, 2.05) is 18.2 Å². The maximum atomic E-state index is 13.2. The second-order valence-electron chi connectivity index (χ2n) is 8.94. The summed E-state index contributed by atoms with van der Waals surface area (Å²) < 4.78 is 51.4. The van der Waals surface area contributed by atoms with Crippen LogP contribution in [0.1, 0.15) is 31.2 Å². The van der Waals surface area contributed by atoms with Gasteiger partial charge in [0.15, 0.2) is 17.3 Å². The first-order valence-corrected chi connectivity index (χ1v) is 13.3. The lowest BCUT2D eigenvalue weighted by molar-refractivity contribution is -0.179. The maximum Gasteiger partial charge on any atom is 0.282 e. The van der Waals surface area contributed by atoms with Crippen molar-refractivity contribution in [2.24, 2.45) is 5.92 Å². The molecule has 4 rings (SSSR count). The van der Waals surface area contributed by atoms with Gasteiger partial charge in [-0.3, -0.25) is 4.79 Å². The summed E-state index contributed by atoms with van der Waals surface area (Å²) in [5.41, 5.74) is 1.02. The molecule has 0 radical (unpaired) electrons. The average Bonchev–Trinajstić information content (AvgIpc) is 3.31. The zero-order chi connectivity index (χ0) is 24.2. The van der Waals surface area contributed by atoms with Crippen LogP contribution in [0.3, 0.4) is 0 Å². The summed E-state index contributed by atoms with van der Waals surface area (Å²) in [5, 5.41) is 2.97. The minimum absolute atomic E-state index is 0.106. The normalized spacial score (nSPS) is 23.6. The van der Waals surface area contributed by atoms with E-state index < -0.39 is 16.0 Å². The van der Waals surface area contributed by atoms with Gasteiger partial charge in [-0.1, -0.05) is 6.07 Å². The first kappa shape index (κ1) is 25.2. The zero-order valence-electron chi connectivity index (χ0n) is 20.0. The van der Waals surface area contributed by atoms with Crippen LogP contribution in [0.15, 0.2) is 18.2 Å². The number of rotatable bonds is 8. The Kier molecular flexibility index (Phi) is 7.98. The first-order valence-electron chi connectivity index (χ1n) is 11.9. The largest absolute Gasteiger partial charge is 0.493 e. The minimum Gasteiger partial charge on any atom is -0.493 e. The Morgan fingerprint density at radius 2 is 1.79 bits per heavy atom. The van der Waals surface area contributed by atoms with Gasteiger partial charge in [-0.15, -0.1) is 0 Å². The number of nitrogens with zero attached hydrogens (tertiary/aromatic N) is 2. The fraction of sp³-hybridized carbons (Fsp3) is 0.696. The number of ether oxygens (including phenoxy) is 4. The third kappa shape index (κ3) is 5.49. The van der Waals surface area contributed by atoms with Gasteiger partial charge in [-0.2, -0.15) is 17.0 Å². The Morgan fingerprint density at radius 1 is 1.09 bits per heavy atom. The van der Waals surface area contributed by atoms with E-state index in [1.54, 1.807) is 14.2 Å². The zero-order valence-corrected chi connectivity index (χ0v) is 20.8. The fourth-order valence-electron chi connectivity index (χ4n) is 4.88. The molecule has 1 aromatic rings. The predicted molar refractivity (Wildman–Crippen MR) is 125 cm³/mol. The van der Waals surface area contributed by atoms with Crippen LogP contribution in [0.4, 0.5) is 0 Å². The molecule has 3 aliphatic rings. The molecular formula is C23H35N3O7S. The van der Waals surface area contributed by atoms with Gasteiger partial charge in [0.25, 0.3) is 10.2 Å². The van der Waals surface area contributed by atoms with E-state index in [2.05, 4.69) is 5.32 Å². The van der Waals surface area contributed by atoms with E-state index in [4.69, 9.17) is 18.9 Å². The van der Waals surface area contributed by atoms with E-state index >= 15 is 0 Å². The molecule has 0 unspecified atom stereocenters. The number of piperidine rings is 2. The van der Waals surface area contributed by atoms with Crippen molar-refractivity contribution in [3.05, 3.63) is 23.8 Å². The molecule has 1 N–H and O–H groups in total. The Hall–Kier alpha value is -1.92. The third-order valence-corrected chi connectivity index (χ3v) is 8.87. The minimum atomic E-state index is -3.63. The molecule has 1 aromatic carbocycles. The summed E-state index contributed by atoms with van der Waals surface area (Å²) in [6.07, 6.45) is 3.04. The topological polar surface area (TPSA) is 107 Å². The van der Waals surface area contributed by atoms with Gasteiger partial charge in [-0.05, 0) is 37.0 Å². The molecule has 0 aromatic heterocycles. The van der Waals surface area contributed by atoms with Gasteiger partial charge >= 0.3 is 0 Å². The number of benzene rings is 1. The monoisotopic (exact) mass is 497 g/mol. The molecule has 11 heteroatoms. The second-order valence-corrected chi connectivity index (χ2v) is 10.9. The lowest BCUT2D eigenvalue weighted by Gasteiger charge is -2.40. The van der Waals surface area contributed by atoms with Gasteiger partial charge in [0.05, 0.1) is 33.4 Å². The van der Waals surface area contributed by atoms with Crippen molar-refractivity contribution in [2.75, 3.05) is 60.2 Å². The van der Waals surface area contributed by atoms with Crippen LogP contribution in [0.25, 0.3) is 0 Å². The second kappa shape index (κ2) is 10.8. The number of carbonyl (C=O) groups is 1. The predicted octanol–water partition coefficient (Wildman–Crippen LogP) is 1.16. The summed E-state index contributed by atoms with van der Waals surface area (Å²) >= 11 is 0. The third-order valence-electron chi connectivity index (χ3n) is 6.87. The SMILES string of the molecule is COc1ccc(CCNC(=O)[C@H]2CCCN(S(=O)(=O)N3CCC4(CC3)OCCO4)C2)cc1OC. The molecule has 1 atom stereocenters. The van der Waals surface area contributed by atoms with Gasteiger partial charge in [0.2, 0.25) is 5.91 Å². The Bertz CT molecular complexity index is 955. The van der Waals surface area contributed by atoms with E-state index in [1.165, 1.54) is 8.61 Å². The van der Waals surface area contributed by atoms with Crippen molar-refractivity contribution in [2.45, 2.75) is 37.9 Å². The number of methoxy groups -OCH3 is 2. The molecule has 1 amide bonds. The van der Waals surface area contributed by atoms with Crippen LogP contribution in [0, 0.1) is 5.92 Å². The summed E-state index contributed by atoms with van der Waals surface area (Å²) in [6, 6.07) is 5.67. The van der Waals surface area contributed by atoms with Crippen molar-refractivity contribution >= 4 is 16.1 Å². The molecule has 1 spiro atoms. The van der Waals surface area contributed by atoms with Crippen LogP contribution < -0.4 is 14.8 Å². The van der Waals surface area contributed by atoms with E-state index in [0.29, 0.717) is 83.0 Å². The number of nitrogens with one attached hydrogen (secondary N) is 1. The van der Waals surface area contributed by atoms with Crippen LogP contribution in [-0.2, 0) is 30.9 Å². The summed E-state index contributed by atoms with van der Waals surface area (Å²) in [4.78, 5) is 12.8. The van der Waals surface area contributed by atoms with Crippen molar-refractivity contribution in [1.29, 1.82) is 0 Å². The standard InChI is InChI=1S/C23H35N3O7S/c1-30-20-6-5-18(16-21(20)31-2)7-10-24-22(27)19-4-3-11-26(17-19)34(28,29)25-12-8-23(9-13-25)32-14-15-33-23/h5-6,16,19H,3-4,7-15,17H2,1-2H3,(H,24,27)/t19-/m0/s1. The molecule has 0 aliphatic carbocycles. The van der Waals surface area contributed by atoms with E-state index in [9.17, 15) is 13.2 Å². The number of amides is 1. The molecule has 0 bridgehead atoms. The Morgan fingerprint density at radius 3 is 2.47 bits per heavy atom. The molecular weight excluding hydrogens is 462 g/mol. The van der Waals surface area contributed by atoms with Gasteiger partial charge < -0.3 is 24.3 Å². The smallest absolute Gasteiger partial charge is 0.282 e. The highest BCUT2D eigenvalue weighted by atomic mass is 32.2. The summed E-state index contributed by atoms with van der Waals surface area (Å²) in [6.45, 7) is 2.95. The maximum absolute atomic E-state index is 13.2. The van der Waals surface area contributed by atoms with Crippen LogP contribution in [0.5, 0.6) is 11.5 Å². The Labute approximate surface area is 201 Å². The Balaban J connectivity index is 1.28. The van der Waals surface area contributed by atoms with E-state index in [0.717, 1.165) is 5.56 Å². The highest BCUT2D eigenvalue weighted by Crippen LogP contribution is 2.33. The van der Waals surface area contributed by atoms with Crippen LogP contribution in [0.2, 0.25) is 0 Å². The van der Waals surface area contributed by atoms with Gasteiger partial charge in [-0.25, -0.2) is 0 Å². The highest BCUT2D eigenvalue weighted by Gasteiger charge is 2.44. The van der Waals surface area contributed by atoms with Crippen LogP contribution in [-0.4, -0.2) is 88.9 Å². The molecule has 34 heavy (non-hydrogen) atoms. The highest BCUT2D eigenvalue weighted by molar-refractivity contribution is 7.86. The molecule has 3 heterocycles. The lowest BCUT2D eigenvalue weighted by Crippen LogP contribution is -2.54. The number of hydrogen-bond acceptors (Lipinski definition) is 7. The first-order chi connectivity index (χ1) is 16.4. The van der Waals surface area contributed by atoms with Crippen LogP contribution >= 0.6 is 0 Å². The van der Waals surface area contributed by atoms with E-state index in [-0.39, 0.29) is 18.4 Å². The fourth-order valence-corrected chi connectivity index (χ4v) is 6.58. The molecule has 3 aliphatic heterocycles. The van der Waals surface area contributed by atoms with Crippen molar-refractivity contribution in [3.63, 3.8) is 0 Å². The average molecular weight is 498 g/mol. The lowest BCUT2D eigenvalue weighted by atomic mass is 9.99. The number of carbonyl (C=O) groups excluding carboxylic acids is 1. The molecule has 10 nitrogen and oxygen atoms in total. The molecule has 3 fully saturated rings. The van der Waals surface area contributed by atoms with Crippen molar-refractivity contribution < 1.29 is 32.2 Å². The van der Waals surface area contributed by atoms with Crippen molar-refractivity contribution in [3.8, 4) is 11.5 Å². The molecule has 3 saturated heterocycles. The summed E-state index contributed by atoms with van der Waals surface area (Å²) in [7, 11) is -0.449. The molecule has 0 saturated carbocycles. The molecule has 190 valence electrons. The van der Waals surface area contributed by atoms with Crippen molar-refractivity contribution in [1.82, 2.24) is 13.9 Å². The summed E-state index contributed by atoms with van der Waals surface area (Å²) in [5.74, 6) is 0.224. The van der Waals surface area contributed by atoms with Gasteiger partial charge in [0.1, 0.15) is 0 Å². The quantitative estimate of drug-likeness (QED) is 0.574. The number of hydrogen-bond donors (Lipinski definition) is 1. The van der Waals surface area contributed by atoms with Gasteiger partial charge in [0, 0.05) is 45.6 Å².